The molecule has 100 valence electrons. The average Bonchev–Trinajstić information content (AvgIpc) is 3.00. The van der Waals surface area contributed by atoms with E-state index < -0.39 is 0 Å². The van der Waals surface area contributed by atoms with E-state index in [-0.39, 0.29) is 6.10 Å². The molecule has 0 unspecified atom stereocenters. The van der Waals surface area contributed by atoms with Crippen LogP contribution in [0.5, 0.6) is 0 Å². The van der Waals surface area contributed by atoms with Crippen molar-refractivity contribution < 1.29 is 9.63 Å². The van der Waals surface area contributed by atoms with Gasteiger partial charge >= 0.3 is 0 Å². The maximum absolute atomic E-state index is 9.47. The van der Waals surface area contributed by atoms with Gasteiger partial charge in [-0.2, -0.15) is 4.98 Å². The molecule has 1 aliphatic rings. The molecular formula is C13H14ClN3O2. The minimum atomic E-state index is -0.237. The third-order valence-electron chi connectivity index (χ3n) is 3.18. The zero-order chi connectivity index (χ0) is 13.2. The van der Waals surface area contributed by atoms with E-state index in [0.717, 1.165) is 18.5 Å². The molecule has 0 saturated carbocycles. The molecule has 1 aromatic heterocycles. The SMILES string of the molecule is O[C@@H]1CCN(Cc2nc(-c3ccc(Cl)cc3)no2)C1. The van der Waals surface area contributed by atoms with E-state index in [1.165, 1.54) is 0 Å². The van der Waals surface area contributed by atoms with Crippen LogP contribution in [0.15, 0.2) is 28.8 Å². The van der Waals surface area contributed by atoms with Gasteiger partial charge in [0, 0.05) is 23.7 Å². The molecule has 1 N–H and O–H groups in total. The molecule has 0 spiro atoms. The lowest BCUT2D eigenvalue weighted by Crippen LogP contribution is -2.21. The van der Waals surface area contributed by atoms with Crippen LogP contribution >= 0.6 is 11.6 Å². The first-order valence-corrected chi connectivity index (χ1v) is 6.57. The van der Waals surface area contributed by atoms with Crippen molar-refractivity contribution in [3.05, 3.63) is 35.2 Å². The van der Waals surface area contributed by atoms with Crippen LogP contribution in [0, 0.1) is 0 Å². The highest BCUT2D eigenvalue weighted by Crippen LogP contribution is 2.19. The summed E-state index contributed by atoms with van der Waals surface area (Å²) >= 11 is 5.84. The quantitative estimate of drug-likeness (QED) is 0.930. The normalized spacial score (nSPS) is 20.0. The molecular weight excluding hydrogens is 266 g/mol. The second-order valence-electron chi connectivity index (χ2n) is 4.70. The molecule has 1 fully saturated rings. The van der Waals surface area contributed by atoms with Gasteiger partial charge in [0.25, 0.3) is 0 Å². The molecule has 1 aliphatic heterocycles. The number of β-amino-alcohol motifs (C(OH)–C–C–N with tert-alkyl or cyclic N) is 1. The second kappa shape index (κ2) is 5.28. The minimum absolute atomic E-state index is 0.237. The molecule has 19 heavy (non-hydrogen) atoms. The Hall–Kier alpha value is -1.43. The van der Waals surface area contributed by atoms with Gasteiger partial charge in [0.15, 0.2) is 0 Å². The molecule has 5 nitrogen and oxygen atoms in total. The number of aliphatic hydroxyl groups excluding tert-OH is 1. The van der Waals surface area contributed by atoms with Crippen LogP contribution in [0.2, 0.25) is 5.02 Å². The molecule has 1 atom stereocenters. The highest BCUT2D eigenvalue weighted by Gasteiger charge is 2.22. The Morgan fingerprint density at radius 3 is 2.84 bits per heavy atom. The van der Waals surface area contributed by atoms with Gasteiger partial charge in [0.1, 0.15) is 0 Å². The number of hydrogen-bond donors (Lipinski definition) is 1. The van der Waals surface area contributed by atoms with Gasteiger partial charge in [-0.3, -0.25) is 4.90 Å². The number of halogens is 1. The van der Waals surface area contributed by atoms with E-state index in [4.69, 9.17) is 16.1 Å². The molecule has 2 heterocycles. The highest BCUT2D eigenvalue weighted by atomic mass is 35.5. The molecule has 6 heteroatoms. The molecule has 0 aliphatic carbocycles. The first-order chi connectivity index (χ1) is 9.20. The summed E-state index contributed by atoms with van der Waals surface area (Å²) in [7, 11) is 0. The van der Waals surface area contributed by atoms with Gasteiger partial charge in [-0.05, 0) is 30.7 Å². The van der Waals surface area contributed by atoms with Crippen molar-refractivity contribution >= 4 is 11.6 Å². The average molecular weight is 280 g/mol. The lowest BCUT2D eigenvalue weighted by atomic mass is 10.2. The number of rotatable bonds is 3. The summed E-state index contributed by atoms with van der Waals surface area (Å²) in [4.78, 5) is 6.46. The first kappa shape index (κ1) is 12.6. The molecule has 1 saturated heterocycles. The van der Waals surface area contributed by atoms with Gasteiger partial charge in [0.05, 0.1) is 12.6 Å². The van der Waals surface area contributed by atoms with Crippen LogP contribution in [0.25, 0.3) is 11.4 Å². The summed E-state index contributed by atoms with van der Waals surface area (Å²) in [6, 6.07) is 7.31. The topological polar surface area (TPSA) is 62.4 Å². The van der Waals surface area contributed by atoms with Crippen molar-refractivity contribution in [3.8, 4) is 11.4 Å². The number of hydrogen-bond acceptors (Lipinski definition) is 5. The van der Waals surface area contributed by atoms with Gasteiger partial charge in [0.2, 0.25) is 11.7 Å². The summed E-state index contributed by atoms with van der Waals surface area (Å²) in [5, 5.41) is 14.1. The lowest BCUT2D eigenvalue weighted by molar-refractivity contribution is 0.169. The maximum atomic E-state index is 9.47. The van der Waals surface area contributed by atoms with Gasteiger partial charge < -0.3 is 9.63 Å². The zero-order valence-electron chi connectivity index (χ0n) is 10.3. The molecule has 3 rings (SSSR count). The summed E-state index contributed by atoms with van der Waals surface area (Å²) in [6.45, 7) is 2.11. The van der Waals surface area contributed by atoms with Crippen molar-refractivity contribution in [1.29, 1.82) is 0 Å². The Balaban J connectivity index is 1.71. The third-order valence-corrected chi connectivity index (χ3v) is 3.43. The molecule has 0 amide bonds. The van der Waals surface area contributed by atoms with E-state index in [1.807, 2.05) is 12.1 Å². The Kier molecular flexibility index (Phi) is 3.50. The zero-order valence-corrected chi connectivity index (χ0v) is 11.0. The number of aromatic nitrogens is 2. The van der Waals surface area contributed by atoms with Crippen molar-refractivity contribution in [3.63, 3.8) is 0 Å². The van der Waals surface area contributed by atoms with Crippen LogP contribution in [0.4, 0.5) is 0 Å². The van der Waals surface area contributed by atoms with E-state index in [2.05, 4.69) is 15.0 Å². The smallest absolute Gasteiger partial charge is 0.241 e. The van der Waals surface area contributed by atoms with Crippen LogP contribution in [-0.2, 0) is 6.54 Å². The van der Waals surface area contributed by atoms with E-state index in [0.29, 0.717) is 29.8 Å². The van der Waals surface area contributed by atoms with E-state index >= 15 is 0 Å². The van der Waals surface area contributed by atoms with Crippen molar-refractivity contribution in [2.45, 2.75) is 19.1 Å². The molecule has 1 aromatic carbocycles. The van der Waals surface area contributed by atoms with Crippen LogP contribution in [0.3, 0.4) is 0 Å². The maximum Gasteiger partial charge on any atom is 0.241 e. The molecule has 2 aromatic rings. The Morgan fingerprint density at radius 2 is 2.16 bits per heavy atom. The molecule has 0 bridgehead atoms. The third kappa shape index (κ3) is 2.94. The standard InChI is InChI=1S/C13H14ClN3O2/c14-10-3-1-9(2-4-10)13-15-12(19-16-13)8-17-6-5-11(18)7-17/h1-4,11,18H,5-8H2/t11-/m1/s1. The summed E-state index contributed by atoms with van der Waals surface area (Å²) in [6.07, 6.45) is 0.566. The fourth-order valence-corrected chi connectivity index (χ4v) is 2.31. The molecule has 0 radical (unpaired) electrons. The van der Waals surface area contributed by atoms with Crippen LogP contribution in [-0.4, -0.2) is 39.3 Å². The number of likely N-dealkylation sites (tertiary alicyclic amines) is 1. The van der Waals surface area contributed by atoms with Crippen LogP contribution in [0.1, 0.15) is 12.3 Å². The Morgan fingerprint density at radius 1 is 1.37 bits per heavy atom. The Labute approximate surface area is 115 Å². The number of benzene rings is 1. The largest absolute Gasteiger partial charge is 0.392 e. The predicted octanol–water partition coefficient (Wildman–Crippen LogP) is 1.96. The fourth-order valence-electron chi connectivity index (χ4n) is 2.18. The second-order valence-corrected chi connectivity index (χ2v) is 5.13. The number of aliphatic hydroxyl groups is 1. The van der Waals surface area contributed by atoms with Gasteiger partial charge in [-0.1, -0.05) is 16.8 Å². The summed E-state index contributed by atoms with van der Waals surface area (Å²) in [5.41, 5.74) is 0.876. The predicted molar refractivity (Wildman–Crippen MR) is 70.6 cm³/mol. The van der Waals surface area contributed by atoms with Crippen LogP contribution < -0.4 is 0 Å². The monoisotopic (exact) mass is 279 g/mol. The van der Waals surface area contributed by atoms with E-state index in [1.54, 1.807) is 12.1 Å². The Bertz CT molecular complexity index is 555. The van der Waals surface area contributed by atoms with Crippen molar-refractivity contribution in [2.24, 2.45) is 0 Å². The van der Waals surface area contributed by atoms with Gasteiger partial charge in [-0.15, -0.1) is 0 Å². The van der Waals surface area contributed by atoms with E-state index in [9.17, 15) is 5.11 Å². The minimum Gasteiger partial charge on any atom is -0.392 e. The summed E-state index contributed by atoms with van der Waals surface area (Å²) in [5.74, 6) is 1.13. The fraction of sp³-hybridized carbons (Fsp3) is 0.385. The van der Waals surface area contributed by atoms with Crippen molar-refractivity contribution in [1.82, 2.24) is 15.0 Å². The van der Waals surface area contributed by atoms with Gasteiger partial charge in [-0.25, -0.2) is 0 Å². The van der Waals surface area contributed by atoms with Crippen molar-refractivity contribution in [2.75, 3.05) is 13.1 Å². The summed E-state index contributed by atoms with van der Waals surface area (Å²) < 4.78 is 5.23. The first-order valence-electron chi connectivity index (χ1n) is 6.19. The lowest BCUT2D eigenvalue weighted by Gasteiger charge is -2.10. The highest BCUT2D eigenvalue weighted by molar-refractivity contribution is 6.30. The number of nitrogens with zero attached hydrogens (tertiary/aromatic N) is 3.